The van der Waals surface area contributed by atoms with Crippen LogP contribution in [-0.2, 0) is 27.9 Å². The maximum absolute atomic E-state index is 12.5. The SMILES string of the molecule is COc1cc(COC(=O)c2cccc(S(=O)(=O)NCc3ccco3)c2)ccc1OC(F)F. The third-order valence-corrected chi connectivity index (χ3v) is 5.61. The molecule has 3 rings (SSSR count). The minimum Gasteiger partial charge on any atom is -0.493 e. The average Bonchev–Trinajstić information content (AvgIpc) is 3.30. The molecule has 11 heteroatoms. The van der Waals surface area contributed by atoms with Crippen molar-refractivity contribution in [3.05, 3.63) is 77.7 Å². The molecule has 32 heavy (non-hydrogen) atoms. The van der Waals surface area contributed by atoms with E-state index in [1.54, 1.807) is 12.1 Å². The molecule has 0 saturated carbocycles. The van der Waals surface area contributed by atoms with Crippen LogP contribution in [0.25, 0.3) is 0 Å². The van der Waals surface area contributed by atoms with Gasteiger partial charge in [-0.25, -0.2) is 17.9 Å². The molecule has 0 aliphatic carbocycles. The largest absolute Gasteiger partial charge is 0.493 e. The van der Waals surface area contributed by atoms with Crippen LogP contribution in [0.15, 0.2) is 70.2 Å². The smallest absolute Gasteiger partial charge is 0.387 e. The van der Waals surface area contributed by atoms with E-state index in [0.29, 0.717) is 11.3 Å². The topological polar surface area (TPSA) is 104 Å². The zero-order valence-corrected chi connectivity index (χ0v) is 17.6. The first-order valence-corrected chi connectivity index (χ1v) is 10.7. The second-order valence-electron chi connectivity index (χ2n) is 6.37. The molecule has 0 atom stereocenters. The van der Waals surface area contributed by atoms with E-state index in [0.717, 1.165) is 0 Å². The standard InChI is InChI=1S/C21H19F2NO7S/c1-28-19-10-14(7-8-18(19)31-21(22)23)13-30-20(25)15-4-2-6-17(11-15)32(26,27)24-12-16-5-3-9-29-16/h2-11,21,24H,12-13H2,1H3. The lowest BCUT2D eigenvalue weighted by Crippen LogP contribution is -2.23. The van der Waals surface area contributed by atoms with E-state index < -0.39 is 22.6 Å². The fourth-order valence-corrected chi connectivity index (χ4v) is 3.72. The molecule has 0 unspecified atom stereocenters. The molecule has 0 saturated heterocycles. The second kappa shape index (κ2) is 10.2. The molecule has 0 radical (unpaired) electrons. The van der Waals surface area contributed by atoms with Gasteiger partial charge in [0.05, 0.1) is 30.4 Å². The minimum atomic E-state index is -3.89. The van der Waals surface area contributed by atoms with Crippen molar-refractivity contribution in [3.63, 3.8) is 0 Å². The van der Waals surface area contributed by atoms with E-state index in [9.17, 15) is 22.0 Å². The van der Waals surface area contributed by atoms with Gasteiger partial charge in [-0.3, -0.25) is 0 Å². The van der Waals surface area contributed by atoms with Gasteiger partial charge in [-0.15, -0.1) is 0 Å². The predicted octanol–water partition coefficient (Wildman–Crippen LogP) is 3.73. The number of methoxy groups -OCH3 is 1. The first kappa shape index (κ1) is 23.2. The summed E-state index contributed by atoms with van der Waals surface area (Å²) in [7, 11) is -2.61. The van der Waals surface area contributed by atoms with Crippen LogP contribution in [0, 0.1) is 0 Å². The Kier molecular flexibility index (Phi) is 7.44. The van der Waals surface area contributed by atoms with Crippen molar-refractivity contribution in [1.29, 1.82) is 0 Å². The van der Waals surface area contributed by atoms with Gasteiger partial charge in [0.25, 0.3) is 0 Å². The molecule has 0 aliphatic rings. The van der Waals surface area contributed by atoms with Crippen LogP contribution in [0.4, 0.5) is 8.78 Å². The molecule has 8 nitrogen and oxygen atoms in total. The van der Waals surface area contributed by atoms with Crippen molar-refractivity contribution in [2.45, 2.75) is 24.7 Å². The number of carbonyl (C=O) groups excluding carboxylic acids is 1. The summed E-state index contributed by atoms with van der Waals surface area (Å²) in [4.78, 5) is 12.3. The van der Waals surface area contributed by atoms with E-state index in [4.69, 9.17) is 13.9 Å². The number of hydrogen-bond acceptors (Lipinski definition) is 7. The molecule has 2 aromatic carbocycles. The maximum Gasteiger partial charge on any atom is 0.387 e. The number of ether oxygens (including phenoxy) is 3. The highest BCUT2D eigenvalue weighted by molar-refractivity contribution is 7.89. The van der Waals surface area contributed by atoms with Crippen LogP contribution >= 0.6 is 0 Å². The van der Waals surface area contributed by atoms with Gasteiger partial charge in [0, 0.05) is 0 Å². The van der Waals surface area contributed by atoms with Crippen LogP contribution in [0.5, 0.6) is 11.5 Å². The Balaban J connectivity index is 1.66. The molecule has 1 aromatic heterocycles. The molecule has 1 N–H and O–H groups in total. The molecule has 3 aromatic rings. The number of rotatable bonds is 10. The predicted molar refractivity (Wildman–Crippen MR) is 108 cm³/mol. The van der Waals surface area contributed by atoms with Crippen molar-refractivity contribution in [2.75, 3.05) is 7.11 Å². The number of benzene rings is 2. The van der Waals surface area contributed by atoms with Gasteiger partial charge in [0.15, 0.2) is 11.5 Å². The lowest BCUT2D eigenvalue weighted by Gasteiger charge is -2.12. The number of sulfonamides is 1. The molecule has 0 fully saturated rings. The second-order valence-corrected chi connectivity index (χ2v) is 8.14. The summed E-state index contributed by atoms with van der Waals surface area (Å²) < 4.78 is 71.8. The number of halogens is 2. The number of furan rings is 1. The van der Waals surface area contributed by atoms with Gasteiger partial charge >= 0.3 is 12.6 Å². The zero-order chi connectivity index (χ0) is 23.1. The van der Waals surface area contributed by atoms with Crippen molar-refractivity contribution >= 4 is 16.0 Å². The van der Waals surface area contributed by atoms with Gasteiger partial charge in [-0.1, -0.05) is 12.1 Å². The Hall–Kier alpha value is -3.44. The molecule has 0 aliphatic heterocycles. The lowest BCUT2D eigenvalue weighted by atomic mass is 10.2. The van der Waals surface area contributed by atoms with Crippen LogP contribution < -0.4 is 14.2 Å². The fraction of sp³-hybridized carbons (Fsp3) is 0.190. The summed E-state index contributed by atoms with van der Waals surface area (Å²) in [5.74, 6) is -0.434. The van der Waals surface area contributed by atoms with E-state index in [1.165, 1.54) is 55.8 Å². The average molecular weight is 467 g/mol. The minimum absolute atomic E-state index is 0.0236. The van der Waals surface area contributed by atoms with Gasteiger partial charge in [0.2, 0.25) is 10.0 Å². The first-order valence-electron chi connectivity index (χ1n) is 9.19. The quantitative estimate of drug-likeness (QED) is 0.453. The Bertz CT molecular complexity index is 1160. The Morgan fingerprint density at radius 3 is 2.59 bits per heavy atom. The highest BCUT2D eigenvalue weighted by Gasteiger charge is 2.18. The summed E-state index contributed by atoms with van der Waals surface area (Å²) in [5.41, 5.74) is 0.483. The summed E-state index contributed by atoms with van der Waals surface area (Å²) >= 11 is 0. The van der Waals surface area contributed by atoms with E-state index in [-0.39, 0.29) is 35.1 Å². The highest BCUT2D eigenvalue weighted by Crippen LogP contribution is 2.29. The molecule has 0 bridgehead atoms. The van der Waals surface area contributed by atoms with E-state index >= 15 is 0 Å². The Morgan fingerprint density at radius 1 is 1.09 bits per heavy atom. The van der Waals surface area contributed by atoms with Crippen molar-refractivity contribution in [1.82, 2.24) is 4.72 Å². The van der Waals surface area contributed by atoms with Crippen molar-refractivity contribution in [2.24, 2.45) is 0 Å². The third kappa shape index (κ3) is 6.05. The fourth-order valence-electron chi connectivity index (χ4n) is 2.68. The van der Waals surface area contributed by atoms with Gasteiger partial charge in [-0.05, 0) is 48.0 Å². The summed E-state index contributed by atoms with van der Waals surface area (Å²) in [5, 5.41) is 0. The first-order chi connectivity index (χ1) is 15.3. The third-order valence-electron chi connectivity index (χ3n) is 4.21. The number of hydrogen-bond donors (Lipinski definition) is 1. The van der Waals surface area contributed by atoms with Crippen LogP contribution in [0.2, 0.25) is 0 Å². The lowest BCUT2D eigenvalue weighted by molar-refractivity contribution is -0.0512. The van der Waals surface area contributed by atoms with E-state index in [2.05, 4.69) is 9.46 Å². The molecular weight excluding hydrogens is 448 g/mol. The maximum atomic E-state index is 12.5. The molecule has 0 spiro atoms. The summed E-state index contributed by atoms with van der Waals surface area (Å²) in [6.07, 6.45) is 1.43. The highest BCUT2D eigenvalue weighted by atomic mass is 32.2. The molecule has 170 valence electrons. The number of nitrogens with one attached hydrogen (secondary N) is 1. The van der Waals surface area contributed by atoms with Crippen LogP contribution in [0.3, 0.4) is 0 Å². The van der Waals surface area contributed by atoms with Gasteiger partial charge in [0.1, 0.15) is 12.4 Å². The normalized spacial score (nSPS) is 11.4. The molecule has 0 amide bonds. The molecule has 1 heterocycles. The monoisotopic (exact) mass is 467 g/mol. The number of alkyl halides is 2. The van der Waals surface area contributed by atoms with Crippen LogP contribution in [0.1, 0.15) is 21.7 Å². The Morgan fingerprint density at radius 2 is 1.91 bits per heavy atom. The van der Waals surface area contributed by atoms with Crippen molar-refractivity contribution < 1.29 is 40.6 Å². The van der Waals surface area contributed by atoms with Crippen molar-refractivity contribution in [3.8, 4) is 11.5 Å². The zero-order valence-electron chi connectivity index (χ0n) is 16.8. The summed E-state index contributed by atoms with van der Waals surface area (Å²) in [6, 6.07) is 12.7. The molecular formula is C21H19F2NO7S. The van der Waals surface area contributed by atoms with Gasteiger partial charge in [-0.2, -0.15) is 8.78 Å². The van der Waals surface area contributed by atoms with Gasteiger partial charge < -0.3 is 18.6 Å². The Labute approximate surface area is 182 Å². The summed E-state index contributed by atoms with van der Waals surface area (Å²) in [6.45, 7) is -3.25. The number of carbonyl (C=O) groups is 1. The van der Waals surface area contributed by atoms with Crippen LogP contribution in [-0.4, -0.2) is 28.1 Å². The van der Waals surface area contributed by atoms with E-state index in [1.807, 2.05) is 0 Å². The number of esters is 1.